The summed E-state index contributed by atoms with van der Waals surface area (Å²) in [6, 6.07) is 14.3. The van der Waals surface area contributed by atoms with Gasteiger partial charge < -0.3 is 0 Å². The van der Waals surface area contributed by atoms with Crippen LogP contribution >= 0.6 is 0 Å². The smallest absolute Gasteiger partial charge is 0.181 e. The molecule has 4 rings (SSSR count). The van der Waals surface area contributed by atoms with E-state index in [-0.39, 0.29) is 5.78 Å². The van der Waals surface area contributed by atoms with E-state index in [1.54, 1.807) is 9.36 Å². The molecule has 7 heteroatoms. The predicted octanol–water partition coefficient (Wildman–Crippen LogP) is 2.57. The molecule has 120 valence electrons. The molecule has 4 aromatic rings. The first-order chi connectivity index (χ1) is 11.7. The third kappa shape index (κ3) is 2.17. The average Bonchev–Trinajstić information content (AvgIpc) is 3.24. The van der Waals surface area contributed by atoms with Crippen LogP contribution in [0.3, 0.4) is 0 Å². The molecule has 0 saturated carbocycles. The highest BCUT2D eigenvalue weighted by Crippen LogP contribution is 2.22. The van der Waals surface area contributed by atoms with Crippen molar-refractivity contribution in [1.29, 1.82) is 0 Å². The summed E-state index contributed by atoms with van der Waals surface area (Å²) < 4.78 is 3.32. The Bertz CT molecular complexity index is 952. The number of fused-ring (bicyclic) bond motifs is 2. The third-order valence-corrected chi connectivity index (χ3v) is 4.31. The number of Topliss-reactive ketones (excluding diaryl/α,β-unsaturated/α-hetero) is 1. The number of hydrogen-bond donors (Lipinski definition) is 0. The minimum atomic E-state index is -0.449. The van der Waals surface area contributed by atoms with Crippen molar-refractivity contribution < 1.29 is 4.79 Å². The topological polar surface area (TPSA) is 78.5 Å². The van der Waals surface area contributed by atoms with Gasteiger partial charge in [0.1, 0.15) is 23.1 Å². The van der Waals surface area contributed by atoms with E-state index >= 15 is 0 Å². The van der Waals surface area contributed by atoms with Crippen molar-refractivity contribution in [3.05, 3.63) is 48.5 Å². The molecular weight excluding hydrogens is 304 g/mol. The largest absolute Gasteiger partial charge is 0.295 e. The number of benzene rings is 2. The Morgan fingerprint density at radius 1 is 0.792 bits per heavy atom. The zero-order valence-corrected chi connectivity index (χ0v) is 13.4. The number of carbonyl (C=O) groups excluding carboxylic acids is 1. The molecule has 0 fully saturated rings. The summed E-state index contributed by atoms with van der Waals surface area (Å²) in [5.74, 6) is 0.00121. The molecule has 0 saturated heterocycles. The Balaban J connectivity index is 1.70. The molecule has 0 N–H and O–H groups in total. The summed E-state index contributed by atoms with van der Waals surface area (Å²) in [6.45, 7) is 3.66. The Morgan fingerprint density at radius 2 is 1.21 bits per heavy atom. The zero-order chi connectivity index (χ0) is 16.7. The fourth-order valence-corrected chi connectivity index (χ4v) is 2.94. The van der Waals surface area contributed by atoms with Crippen LogP contribution in [0.2, 0.25) is 0 Å². The second-order valence-corrected chi connectivity index (χ2v) is 5.80. The van der Waals surface area contributed by atoms with Crippen molar-refractivity contribution in [2.75, 3.05) is 0 Å². The molecule has 24 heavy (non-hydrogen) atoms. The summed E-state index contributed by atoms with van der Waals surface area (Å²) in [7, 11) is 0. The third-order valence-electron chi connectivity index (χ3n) is 4.31. The van der Waals surface area contributed by atoms with Crippen LogP contribution in [0, 0.1) is 0 Å². The van der Waals surface area contributed by atoms with Crippen molar-refractivity contribution in [3.63, 3.8) is 0 Å². The molecule has 2 atom stereocenters. The van der Waals surface area contributed by atoms with Gasteiger partial charge >= 0.3 is 0 Å². The van der Waals surface area contributed by atoms with E-state index in [1.807, 2.05) is 62.4 Å². The lowest BCUT2D eigenvalue weighted by atomic mass is 10.1. The fraction of sp³-hybridized carbons (Fsp3) is 0.235. The normalized spacial score (nSPS) is 14.1. The van der Waals surface area contributed by atoms with Crippen LogP contribution in [0.1, 0.15) is 25.9 Å². The molecule has 0 amide bonds. The maximum absolute atomic E-state index is 12.9. The maximum Gasteiger partial charge on any atom is 0.181 e. The summed E-state index contributed by atoms with van der Waals surface area (Å²) in [5, 5.41) is 16.5. The molecule has 7 nitrogen and oxygen atoms in total. The fourth-order valence-electron chi connectivity index (χ4n) is 2.94. The van der Waals surface area contributed by atoms with Gasteiger partial charge in [0, 0.05) is 0 Å². The van der Waals surface area contributed by atoms with Gasteiger partial charge in [-0.1, -0.05) is 34.7 Å². The van der Waals surface area contributed by atoms with Crippen LogP contribution in [0.15, 0.2) is 48.5 Å². The van der Waals surface area contributed by atoms with E-state index in [2.05, 4.69) is 20.6 Å². The zero-order valence-electron chi connectivity index (χ0n) is 13.4. The molecular formula is C17H16N6O. The van der Waals surface area contributed by atoms with Crippen molar-refractivity contribution in [2.45, 2.75) is 25.9 Å². The van der Waals surface area contributed by atoms with Crippen LogP contribution in [-0.4, -0.2) is 35.8 Å². The number of aromatic nitrogens is 6. The van der Waals surface area contributed by atoms with Gasteiger partial charge in [0.2, 0.25) is 0 Å². The van der Waals surface area contributed by atoms with Gasteiger partial charge in [-0.05, 0) is 38.1 Å². The first-order valence-electron chi connectivity index (χ1n) is 7.80. The number of nitrogens with zero attached hydrogens (tertiary/aromatic N) is 6. The van der Waals surface area contributed by atoms with Crippen LogP contribution in [0.4, 0.5) is 0 Å². The first kappa shape index (κ1) is 14.5. The molecule has 2 aromatic heterocycles. The number of ketones is 1. The van der Waals surface area contributed by atoms with Gasteiger partial charge in [0.05, 0.1) is 11.0 Å². The monoisotopic (exact) mass is 320 g/mol. The van der Waals surface area contributed by atoms with Crippen LogP contribution in [0.5, 0.6) is 0 Å². The summed E-state index contributed by atoms with van der Waals surface area (Å²) in [4.78, 5) is 12.9. The number of carbonyl (C=O) groups is 1. The Hall–Kier alpha value is -3.09. The molecule has 0 radical (unpaired) electrons. The lowest BCUT2D eigenvalue weighted by Crippen LogP contribution is -2.26. The minimum Gasteiger partial charge on any atom is -0.295 e. The van der Waals surface area contributed by atoms with E-state index in [1.165, 1.54) is 0 Å². The van der Waals surface area contributed by atoms with Gasteiger partial charge in [0.15, 0.2) is 5.78 Å². The van der Waals surface area contributed by atoms with Gasteiger partial charge in [-0.2, -0.15) is 0 Å². The molecule has 2 heterocycles. The quantitative estimate of drug-likeness (QED) is 0.577. The molecule has 2 aromatic carbocycles. The highest BCUT2D eigenvalue weighted by atomic mass is 16.1. The van der Waals surface area contributed by atoms with Crippen LogP contribution < -0.4 is 0 Å². The van der Waals surface area contributed by atoms with E-state index in [4.69, 9.17) is 0 Å². The van der Waals surface area contributed by atoms with Crippen molar-refractivity contribution in [2.24, 2.45) is 0 Å². The lowest BCUT2D eigenvalue weighted by molar-refractivity contribution is -0.125. The number of hydrogen-bond acceptors (Lipinski definition) is 5. The number of para-hydroxylation sites is 2. The Morgan fingerprint density at radius 3 is 1.67 bits per heavy atom. The van der Waals surface area contributed by atoms with E-state index in [0.717, 1.165) is 22.1 Å². The molecule has 0 aliphatic rings. The Kier molecular flexibility index (Phi) is 3.34. The van der Waals surface area contributed by atoms with E-state index in [9.17, 15) is 4.79 Å². The van der Waals surface area contributed by atoms with Gasteiger partial charge in [-0.3, -0.25) is 4.79 Å². The van der Waals surface area contributed by atoms with Crippen LogP contribution in [-0.2, 0) is 4.79 Å². The SMILES string of the molecule is CC(C(=O)C(C)n1nnc2ccccc21)n1nnc2ccccc21. The van der Waals surface area contributed by atoms with Gasteiger partial charge in [-0.25, -0.2) is 9.36 Å². The molecule has 0 bridgehead atoms. The van der Waals surface area contributed by atoms with Crippen molar-refractivity contribution >= 4 is 27.9 Å². The maximum atomic E-state index is 12.9. The Labute approximate surface area is 137 Å². The second-order valence-electron chi connectivity index (χ2n) is 5.80. The summed E-state index contributed by atoms with van der Waals surface area (Å²) in [6.07, 6.45) is 0. The van der Waals surface area contributed by atoms with Crippen LogP contribution in [0.25, 0.3) is 22.1 Å². The molecule has 0 spiro atoms. The highest BCUT2D eigenvalue weighted by molar-refractivity contribution is 5.89. The average molecular weight is 320 g/mol. The first-order valence-corrected chi connectivity index (χ1v) is 7.80. The molecule has 0 aliphatic carbocycles. The number of rotatable bonds is 4. The van der Waals surface area contributed by atoms with E-state index in [0.29, 0.717) is 0 Å². The van der Waals surface area contributed by atoms with Crippen molar-refractivity contribution in [1.82, 2.24) is 30.0 Å². The summed E-state index contributed by atoms with van der Waals surface area (Å²) in [5.41, 5.74) is 3.23. The molecule has 0 aliphatic heterocycles. The van der Waals surface area contributed by atoms with Crippen molar-refractivity contribution in [3.8, 4) is 0 Å². The lowest BCUT2D eigenvalue weighted by Gasteiger charge is -2.17. The van der Waals surface area contributed by atoms with Gasteiger partial charge in [-0.15, -0.1) is 10.2 Å². The van der Waals surface area contributed by atoms with E-state index < -0.39 is 12.1 Å². The summed E-state index contributed by atoms with van der Waals surface area (Å²) >= 11 is 0. The predicted molar refractivity (Wildman–Crippen MR) is 89.5 cm³/mol. The standard InChI is InChI=1S/C17H16N6O/c1-11(22-15-9-5-3-7-13(15)18-20-22)17(24)12(2)23-16-10-6-4-8-14(16)19-21-23/h3-12H,1-2H3. The van der Waals surface area contributed by atoms with Gasteiger partial charge in [0.25, 0.3) is 0 Å². The highest BCUT2D eigenvalue weighted by Gasteiger charge is 2.26. The minimum absolute atomic E-state index is 0.00121. The second kappa shape index (κ2) is 5.52. The molecule has 2 unspecified atom stereocenters.